The van der Waals surface area contributed by atoms with Gasteiger partial charge in [-0.1, -0.05) is 121 Å². The Labute approximate surface area is 305 Å². The third-order valence-corrected chi connectivity index (χ3v) is 10.5. The van der Waals surface area contributed by atoms with Gasteiger partial charge in [0.2, 0.25) is 0 Å². The van der Waals surface area contributed by atoms with Gasteiger partial charge < -0.3 is 9.13 Å². The third kappa shape index (κ3) is 4.51. The molecule has 0 fully saturated rings. The molecule has 0 N–H and O–H groups in total. The van der Waals surface area contributed by atoms with E-state index in [1.54, 1.807) is 0 Å². The maximum absolute atomic E-state index is 5.41. The molecule has 0 spiro atoms. The Bertz CT molecular complexity index is 3070. The molecule has 0 saturated heterocycles. The smallest absolute Gasteiger partial charge is 0.165 e. The van der Waals surface area contributed by atoms with Gasteiger partial charge in [0.05, 0.1) is 27.8 Å². The fourth-order valence-electron chi connectivity index (χ4n) is 8.22. The third-order valence-electron chi connectivity index (χ3n) is 10.5. The Hall–Kier alpha value is -7.24. The molecule has 0 aliphatic rings. The minimum absolute atomic E-state index is 0.808. The fourth-order valence-corrected chi connectivity index (χ4v) is 8.22. The topological polar surface area (TPSA) is 40.6 Å². The monoisotopic (exact) mass is 677 g/mol. The number of benzene rings is 7. The number of nitrogens with zero attached hydrogens (tertiary/aromatic N) is 5. The van der Waals surface area contributed by atoms with Crippen LogP contribution in [-0.2, 0) is 0 Å². The van der Waals surface area contributed by atoms with Crippen molar-refractivity contribution in [2.24, 2.45) is 0 Å². The molecule has 53 heavy (non-hydrogen) atoms. The maximum atomic E-state index is 5.41. The molecule has 0 bridgehead atoms. The van der Waals surface area contributed by atoms with Gasteiger partial charge >= 0.3 is 0 Å². The van der Waals surface area contributed by atoms with Crippen molar-refractivity contribution >= 4 is 54.8 Å². The van der Waals surface area contributed by atoms with Crippen molar-refractivity contribution in [3.8, 4) is 39.6 Å². The van der Waals surface area contributed by atoms with E-state index in [2.05, 4.69) is 190 Å². The summed E-state index contributed by atoms with van der Waals surface area (Å²) in [6.07, 6.45) is 1.91. The zero-order valence-corrected chi connectivity index (χ0v) is 28.6. The van der Waals surface area contributed by atoms with Gasteiger partial charge in [-0.05, 0) is 66.2 Å². The van der Waals surface area contributed by atoms with Crippen molar-refractivity contribution in [2.45, 2.75) is 0 Å². The lowest BCUT2D eigenvalue weighted by molar-refractivity contribution is 1.07. The number of hydrogen-bond donors (Lipinski definition) is 0. The summed E-state index contributed by atoms with van der Waals surface area (Å²) in [5, 5.41) is 4.96. The van der Waals surface area contributed by atoms with Gasteiger partial charge in [-0.3, -0.25) is 4.57 Å². The van der Waals surface area contributed by atoms with Crippen LogP contribution in [0.15, 0.2) is 188 Å². The largest absolute Gasteiger partial charge is 0.309 e. The molecule has 0 saturated carbocycles. The first-order valence-corrected chi connectivity index (χ1v) is 17.9. The molecule has 0 unspecified atom stereocenters. The molecular formula is C48H31N5. The second-order valence-corrected chi connectivity index (χ2v) is 13.5. The van der Waals surface area contributed by atoms with E-state index in [1.807, 2.05) is 12.3 Å². The van der Waals surface area contributed by atoms with Crippen LogP contribution < -0.4 is 0 Å². The molecular weight excluding hydrogens is 647 g/mol. The SMILES string of the molecule is c1ccc(-c2nc3c(-c4cccc(-n5c6ccccc6c6ccccc65)c4)ccnc3n2-c2cccc(-n3c4ccccc4c4ccccc43)c2)cc1. The number of fused-ring (bicyclic) bond motifs is 7. The number of hydrogen-bond acceptors (Lipinski definition) is 2. The second kappa shape index (κ2) is 11.7. The number of pyridine rings is 1. The first kappa shape index (κ1) is 29.5. The first-order valence-electron chi connectivity index (χ1n) is 17.9. The standard InChI is InChI=1S/C48H31N5/c1-2-14-32(15-3-1)47-50-46-37(33-16-12-17-34(30-33)51-42-24-8-4-20-38(42)39-21-5-9-25-43(39)51)28-29-49-48(46)53(47)36-19-13-18-35(31-36)52-44-26-10-6-22-40(44)41-23-7-11-27-45(41)52/h1-31H. The van der Waals surface area contributed by atoms with Crippen LogP contribution in [0.2, 0.25) is 0 Å². The summed E-state index contributed by atoms with van der Waals surface area (Å²) in [6, 6.07) is 64.6. The Kier molecular flexibility index (Phi) is 6.48. The van der Waals surface area contributed by atoms with Crippen LogP contribution in [0.5, 0.6) is 0 Å². The van der Waals surface area contributed by atoms with E-state index >= 15 is 0 Å². The molecule has 0 amide bonds. The van der Waals surface area contributed by atoms with Crippen molar-refractivity contribution in [2.75, 3.05) is 0 Å². The quantitative estimate of drug-likeness (QED) is 0.182. The van der Waals surface area contributed by atoms with Crippen LogP contribution in [0.3, 0.4) is 0 Å². The van der Waals surface area contributed by atoms with Crippen LogP contribution >= 0.6 is 0 Å². The summed E-state index contributed by atoms with van der Waals surface area (Å²) in [5.41, 5.74) is 12.7. The molecule has 11 aromatic rings. The normalized spacial score (nSPS) is 11.8. The van der Waals surface area contributed by atoms with E-state index in [-0.39, 0.29) is 0 Å². The number of imidazole rings is 1. The lowest BCUT2D eigenvalue weighted by Gasteiger charge is -2.13. The van der Waals surface area contributed by atoms with Crippen molar-refractivity contribution in [3.63, 3.8) is 0 Å². The van der Waals surface area contributed by atoms with E-state index < -0.39 is 0 Å². The van der Waals surface area contributed by atoms with Crippen LogP contribution in [-0.4, -0.2) is 23.7 Å². The number of rotatable bonds is 5. The predicted molar refractivity (Wildman–Crippen MR) is 218 cm³/mol. The van der Waals surface area contributed by atoms with Crippen LogP contribution in [0.1, 0.15) is 0 Å². The Morgan fingerprint density at radius 2 is 0.811 bits per heavy atom. The fraction of sp³-hybridized carbons (Fsp3) is 0. The lowest BCUT2D eigenvalue weighted by atomic mass is 10.0. The van der Waals surface area contributed by atoms with Gasteiger partial charge in [-0.15, -0.1) is 0 Å². The number of aromatic nitrogens is 5. The Morgan fingerprint density at radius 3 is 1.38 bits per heavy atom. The molecule has 4 aromatic heterocycles. The molecule has 0 atom stereocenters. The molecule has 0 aliphatic carbocycles. The molecule has 5 nitrogen and oxygen atoms in total. The molecule has 248 valence electrons. The summed E-state index contributed by atoms with van der Waals surface area (Å²) in [6.45, 7) is 0. The van der Waals surface area contributed by atoms with Crippen molar-refractivity contribution < 1.29 is 0 Å². The molecule has 0 radical (unpaired) electrons. The average molecular weight is 678 g/mol. The summed E-state index contributed by atoms with van der Waals surface area (Å²) in [7, 11) is 0. The van der Waals surface area contributed by atoms with E-state index in [0.29, 0.717) is 0 Å². The van der Waals surface area contributed by atoms with Gasteiger partial charge in [0.15, 0.2) is 5.65 Å². The molecule has 7 aromatic carbocycles. The second-order valence-electron chi connectivity index (χ2n) is 13.5. The Morgan fingerprint density at radius 1 is 0.358 bits per heavy atom. The van der Waals surface area contributed by atoms with E-state index in [1.165, 1.54) is 43.6 Å². The van der Waals surface area contributed by atoms with Crippen LogP contribution in [0.25, 0.3) is 94.4 Å². The van der Waals surface area contributed by atoms with Gasteiger partial charge in [0, 0.05) is 50.2 Å². The highest BCUT2D eigenvalue weighted by atomic mass is 15.1. The summed E-state index contributed by atoms with van der Waals surface area (Å²) >= 11 is 0. The molecule has 0 aliphatic heterocycles. The summed E-state index contributed by atoms with van der Waals surface area (Å²) in [5.74, 6) is 0.846. The first-order chi connectivity index (χ1) is 26.3. The Balaban J connectivity index is 1.13. The molecule has 5 heteroatoms. The van der Waals surface area contributed by atoms with E-state index in [4.69, 9.17) is 9.97 Å². The van der Waals surface area contributed by atoms with Crippen molar-refractivity contribution in [1.82, 2.24) is 23.7 Å². The van der Waals surface area contributed by atoms with Crippen molar-refractivity contribution in [3.05, 3.63) is 188 Å². The average Bonchev–Trinajstić information content (AvgIpc) is 3.90. The summed E-state index contributed by atoms with van der Waals surface area (Å²) < 4.78 is 6.93. The van der Waals surface area contributed by atoms with Crippen LogP contribution in [0, 0.1) is 0 Å². The van der Waals surface area contributed by atoms with Gasteiger partial charge in [0.25, 0.3) is 0 Å². The van der Waals surface area contributed by atoms with E-state index in [9.17, 15) is 0 Å². The highest BCUT2D eigenvalue weighted by Crippen LogP contribution is 2.38. The van der Waals surface area contributed by atoms with Gasteiger partial charge in [-0.25, -0.2) is 9.97 Å². The molecule has 11 rings (SSSR count). The number of para-hydroxylation sites is 4. The van der Waals surface area contributed by atoms with E-state index in [0.717, 1.165) is 50.7 Å². The summed E-state index contributed by atoms with van der Waals surface area (Å²) in [4.78, 5) is 10.4. The van der Waals surface area contributed by atoms with Crippen LogP contribution in [0.4, 0.5) is 0 Å². The van der Waals surface area contributed by atoms with Gasteiger partial charge in [0.1, 0.15) is 11.3 Å². The predicted octanol–water partition coefficient (Wildman–Crippen LogP) is 11.9. The minimum Gasteiger partial charge on any atom is -0.309 e. The lowest BCUT2D eigenvalue weighted by Crippen LogP contribution is -2.01. The zero-order chi connectivity index (χ0) is 34.9. The zero-order valence-electron chi connectivity index (χ0n) is 28.6. The minimum atomic E-state index is 0.808. The van der Waals surface area contributed by atoms with Crippen molar-refractivity contribution in [1.29, 1.82) is 0 Å². The highest BCUT2D eigenvalue weighted by Gasteiger charge is 2.21. The molecule has 4 heterocycles. The maximum Gasteiger partial charge on any atom is 0.165 e. The van der Waals surface area contributed by atoms with Gasteiger partial charge in [-0.2, -0.15) is 0 Å². The highest BCUT2D eigenvalue weighted by molar-refractivity contribution is 6.10.